The number of carbonyl (C=O) groups excluding carboxylic acids is 1. The van der Waals surface area contributed by atoms with Gasteiger partial charge in [-0.2, -0.15) is 0 Å². The Bertz CT molecular complexity index is 225. The maximum atomic E-state index is 12.2. The second kappa shape index (κ2) is 11.2. The van der Waals surface area contributed by atoms with Gasteiger partial charge in [-0.15, -0.1) is 0 Å². The SMILES string of the molecule is CCC(CN)CC(=O)N(CC)CCCN(CC)CC. The molecule has 0 heterocycles. The smallest absolute Gasteiger partial charge is 0.222 e. The van der Waals surface area contributed by atoms with Crippen molar-refractivity contribution in [3.05, 3.63) is 0 Å². The van der Waals surface area contributed by atoms with Gasteiger partial charge in [-0.05, 0) is 45.4 Å². The number of rotatable bonds is 11. The molecule has 114 valence electrons. The molecule has 0 aliphatic carbocycles. The van der Waals surface area contributed by atoms with Crippen molar-refractivity contribution >= 4 is 5.91 Å². The van der Waals surface area contributed by atoms with Gasteiger partial charge in [0.25, 0.3) is 0 Å². The van der Waals surface area contributed by atoms with E-state index in [9.17, 15) is 4.79 Å². The molecule has 2 N–H and O–H groups in total. The van der Waals surface area contributed by atoms with E-state index < -0.39 is 0 Å². The molecule has 0 aliphatic rings. The molecule has 0 radical (unpaired) electrons. The molecule has 0 saturated carbocycles. The van der Waals surface area contributed by atoms with Crippen LogP contribution in [0.25, 0.3) is 0 Å². The van der Waals surface area contributed by atoms with E-state index in [1.807, 2.05) is 4.90 Å². The van der Waals surface area contributed by atoms with Gasteiger partial charge in [-0.1, -0.05) is 27.2 Å². The second-order valence-corrected chi connectivity index (χ2v) is 5.07. The summed E-state index contributed by atoms with van der Waals surface area (Å²) >= 11 is 0. The molecule has 0 aromatic heterocycles. The van der Waals surface area contributed by atoms with Crippen molar-refractivity contribution in [2.24, 2.45) is 11.7 Å². The van der Waals surface area contributed by atoms with E-state index in [-0.39, 0.29) is 5.91 Å². The fourth-order valence-corrected chi connectivity index (χ4v) is 2.25. The van der Waals surface area contributed by atoms with Gasteiger partial charge in [0.1, 0.15) is 0 Å². The summed E-state index contributed by atoms with van der Waals surface area (Å²) in [5.41, 5.74) is 5.67. The van der Waals surface area contributed by atoms with E-state index in [2.05, 4.69) is 32.6 Å². The number of carbonyl (C=O) groups is 1. The third kappa shape index (κ3) is 7.53. The van der Waals surface area contributed by atoms with E-state index in [1.165, 1.54) is 0 Å². The van der Waals surface area contributed by atoms with E-state index in [4.69, 9.17) is 5.73 Å². The number of hydrogen-bond acceptors (Lipinski definition) is 3. The van der Waals surface area contributed by atoms with Crippen LogP contribution >= 0.6 is 0 Å². The molecule has 0 fully saturated rings. The Morgan fingerprint density at radius 1 is 1.05 bits per heavy atom. The number of hydrogen-bond donors (Lipinski definition) is 1. The predicted molar refractivity (Wildman–Crippen MR) is 82.1 cm³/mol. The minimum absolute atomic E-state index is 0.263. The molecule has 4 nitrogen and oxygen atoms in total. The first-order chi connectivity index (χ1) is 9.12. The van der Waals surface area contributed by atoms with E-state index in [1.54, 1.807) is 0 Å². The molecular weight excluding hydrogens is 238 g/mol. The van der Waals surface area contributed by atoms with Crippen LogP contribution < -0.4 is 5.73 Å². The van der Waals surface area contributed by atoms with Crippen LogP contribution in [0.1, 0.15) is 47.0 Å². The van der Waals surface area contributed by atoms with Gasteiger partial charge in [-0.25, -0.2) is 0 Å². The topological polar surface area (TPSA) is 49.6 Å². The molecule has 0 aromatic carbocycles. The van der Waals surface area contributed by atoms with Gasteiger partial charge in [0.2, 0.25) is 5.91 Å². The van der Waals surface area contributed by atoms with Crippen molar-refractivity contribution < 1.29 is 4.79 Å². The van der Waals surface area contributed by atoms with Crippen LogP contribution in [0.5, 0.6) is 0 Å². The maximum Gasteiger partial charge on any atom is 0.222 e. The Morgan fingerprint density at radius 3 is 2.11 bits per heavy atom. The van der Waals surface area contributed by atoms with Crippen molar-refractivity contribution in [1.82, 2.24) is 9.80 Å². The summed E-state index contributed by atoms with van der Waals surface area (Å²) < 4.78 is 0. The minimum atomic E-state index is 0.263. The lowest BCUT2D eigenvalue weighted by molar-refractivity contribution is -0.132. The Morgan fingerprint density at radius 2 is 1.68 bits per heavy atom. The first-order valence-electron chi connectivity index (χ1n) is 7.82. The zero-order chi connectivity index (χ0) is 14.7. The molecule has 0 aromatic rings. The third-order valence-corrected chi connectivity index (χ3v) is 3.91. The standard InChI is InChI=1S/C15H33N3O/c1-5-14(13-16)12-15(19)18(8-4)11-9-10-17(6-2)7-3/h14H,5-13,16H2,1-4H3. The molecule has 1 unspecified atom stereocenters. The third-order valence-electron chi connectivity index (χ3n) is 3.91. The van der Waals surface area contributed by atoms with Crippen LogP contribution in [-0.4, -0.2) is 55.0 Å². The lowest BCUT2D eigenvalue weighted by Gasteiger charge is -2.25. The quantitative estimate of drug-likeness (QED) is 0.625. The van der Waals surface area contributed by atoms with Crippen LogP contribution in [-0.2, 0) is 4.79 Å². The molecular formula is C15H33N3O. The lowest BCUT2D eigenvalue weighted by Crippen LogP contribution is -2.36. The molecule has 1 atom stereocenters. The van der Waals surface area contributed by atoms with Gasteiger partial charge in [0, 0.05) is 19.5 Å². The molecule has 0 bridgehead atoms. The first-order valence-corrected chi connectivity index (χ1v) is 7.82. The van der Waals surface area contributed by atoms with Crippen LogP contribution in [0.4, 0.5) is 0 Å². The van der Waals surface area contributed by atoms with Gasteiger partial charge in [0.15, 0.2) is 0 Å². The summed E-state index contributed by atoms with van der Waals surface area (Å²) in [4.78, 5) is 16.5. The fourth-order valence-electron chi connectivity index (χ4n) is 2.25. The summed E-state index contributed by atoms with van der Waals surface area (Å²) in [6.07, 6.45) is 2.64. The molecule has 4 heteroatoms. The highest BCUT2D eigenvalue weighted by molar-refractivity contribution is 5.76. The molecule has 0 spiro atoms. The summed E-state index contributed by atoms with van der Waals surface area (Å²) in [6, 6.07) is 0. The van der Waals surface area contributed by atoms with Gasteiger partial charge >= 0.3 is 0 Å². The number of nitrogens with zero attached hydrogens (tertiary/aromatic N) is 2. The monoisotopic (exact) mass is 271 g/mol. The normalized spacial score (nSPS) is 12.7. The average Bonchev–Trinajstić information content (AvgIpc) is 2.44. The van der Waals surface area contributed by atoms with Crippen LogP contribution in [0.15, 0.2) is 0 Å². The second-order valence-electron chi connectivity index (χ2n) is 5.07. The molecule has 0 saturated heterocycles. The first kappa shape index (κ1) is 18.4. The van der Waals surface area contributed by atoms with Crippen molar-refractivity contribution in [2.45, 2.75) is 47.0 Å². The summed E-state index contributed by atoms with van der Waals surface area (Å²) in [6.45, 7) is 14.0. The molecule has 0 rings (SSSR count). The molecule has 1 amide bonds. The summed E-state index contributed by atoms with van der Waals surface area (Å²) in [5.74, 6) is 0.601. The van der Waals surface area contributed by atoms with E-state index in [0.29, 0.717) is 18.9 Å². The van der Waals surface area contributed by atoms with Crippen LogP contribution in [0.2, 0.25) is 0 Å². The Labute approximate surface area is 119 Å². The maximum absolute atomic E-state index is 12.2. The zero-order valence-electron chi connectivity index (χ0n) is 13.3. The number of nitrogens with two attached hydrogens (primary N) is 1. The Balaban J connectivity index is 4.08. The largest absolute Gasteiger partial charge is 0.343 e. The number of amides is 1. The lowest BCUT2D eigenvalue weighted by atomic mass is 10.0. The van der Waals surface area contributed by atoms with Crippen molar-refractivity contribution in [3.63, 3.8) is 0 Å². The summed E-state index contributed by atoms with van der Waals surface area (Å²) in [7, 11) is 0. The van der Waals surface area contributed by atoms with E-state index in [0.717, 1.165) is 45.6 Å². The van der Waals surface area contributed by atoms with Gasteiger partial charge in [0.05, 0.1) is 0 Å². The average molecular weight is 271 g/mol. The van der Waals surface area contributed by atoms with Gasteiger partial charge in [-0.3, -0.25) is 4.79 Å². The molecule has 0 aliphatic heterocycles. The van der Waals surface area contributed by atoms with Crippen molar-refractivity contribution in [2.75, 3.05) is 39.3 Å². The van der Waals surface area contributed by atoms with Crippen LogP contribution in [0.3, 0.4) is 0 Å². The van der Waals surface area contributed by atoms with Gasteiger partial charge < -0.3 is 15.5 Å². The van der Waals surface area contributed by atoms with Crippen molar-refractivity contribution in [1.29, 1.82) is 0 Å². The highest BCUT2D eigenvalue weighted by Crippen LogP contribution is 2.09. The van der Waals surface area contributed by atoms with Crippen LogP contribution in [0, 0.1) is 5.92 Å². The summed E-state index contributed by atoms with van der Waals surface area (Å²) in [5, 5.41) is 0. The zero-order valence-corrected chi connectivity index (χ0v) is 13.3. The minimum Gasteiger partial charge on any atom is -0.343 e. The van der Waals surface area contributed by atoms with E-state index >= 15 is 0 Å². The molecule has 19 heavy (non-hydrogen) atoms. The Kier molecular flexibility index (Phi) is 10.9. The highest BCUT2D eigenvalue weighted by atomic mass is 16.2. The Hall–Kier alpha value is -0.610. The predicted octanol–water partition coefficient (Wildman–Crippen LogP) is 1.94. The highest BCUT2D eigenvalue weighted by Gasteiger charge is 2.16. The van der Waals surface area contributed by atoms with Crippen molar-refractivity contribution in [3.8, 4) is 0 Å². The fraction of sp³-hybridized carbons (Fsp3) is 0.933.